The predicted octanol–water partition coefficient (Wildman–Crippen LogP) is 2.23. The third-order valence-corrected chi connectivity index (χ3v) is 4.26. The predicted molar refractivity (Wildman–Crippen MR) is 82.4 cm³/mol. The van der Waals surface area contributed by atoms with E-state index in [0.29, 0.717) is 12.4 Å². The zero-order valence-corrected chi connectivity index (χ0v) is 12.7. The molecule has 2 heterocycles. The van der Waals surface area contributed by atoms with Gasteiger partial charge in [0.05, 0.1) is 0 Å². The fourth-order valence-corrected chi connectivity index (χ4v) is 2.66. The molecule has 0 amide bonds. The lowest BCUT2D eigenvalue weighted by Gasteiger charge is -2.19. The van der Waals surface area contributed by atoms with Crippen molar-refractivity contribution in [1.82, 2.24) is 15.3 Å². The number of aromatic amines is 1. The van der Waals surface area contributed by atoms with Crippen molar-refractivity contribution in [2.24, 2.45) is 0 Å². The summed E-state index contributed by atoms with van der Waals surface area (Å²) in [5.41, 5.74) is 3.77. The van der Waals surface area contributed by atoms with Crippen molar-refractivity contribution in [2.45, 2.75) is 19.9 Å². The zero-order chi connectivity index (χ0) is 14.1. The Morgan fingerprint density at radius 2 is 2.25 bits per heavy atom. The van der Waals surface area contributed by atoms with E-state index in [2.05, 4.69) is 36.5 Å². The molecule has 6 heteroatoms. The van der Waals surface area contributed by atoms with Crippen LogP contribution in [0.1, 0.15) is 16.8 Å². The average Bonchev–Trinajstić information content (AvgIpc) is 2.43. The molecule has 5 nitrogen and oxygen atoms in total. The lowest BCUT2D eigenvalue weighted by Crippen LogP contribution is -2.29. The van der Waals surface area contributed by atoms with E-state index in [4.69, 9.17) is 0 Å². The maximum absolute atomic E-state index is 11.6. The second kappa shape index (κ2) is 5.38. The summed E-state index contributed by atoms with van der Waals surface area (Å²) in [5.74, 6) is 0.631. The SMILES string of the molecule is Cc1ccc(Nc2nc(=O)[nH]c3c2CNCC3)cc1Br. The van der Waals surface area contributed by atoms with Gasteiger partial charge >= 0.3 is 5.69 Å². The maximum Gasteiger partial charge on any atom is 0.347 e. The monoisotopic (exact) mass is 334 g/mol. The molecule has 1 aliphatic rings. The Morgan fingerprint density at radius 3 is 3.05 bits per heavy atom. The number of benzene rings is 1. The Hall–Kier alpha value is -1.66. The van der Waals surface area contributed by atoms with Crippen molar-refractivity contribution in [3.05, 3.63) is 50.0 Å². The Morgan fingerprint density at radius 1 is 1.40 bits per heavy atom. The normalized spacial score (nSPS) is 13.9. The van der Waals surface area contributed by atoms with Crippen LogP contribution in [-0.4, -0.2) is 16.5 Å². The number of nitrogens with zero attached hydrogens (tertiary/aromatic N) is 1. The Labute approximate surface area is 125 Å². The molecule has 1 aromatic carbocycles. The molecule has 0 atom stereocenters. The minimum absolute atomic E-state index is 0.306. The van der Waals surface area contributed by atoms with Gasteiger partial charge in [0.2, 0.25) is 0 Å². The molecule has 0 unspecified atom stereocenters. The van der Waals surface area contributed by atoms with Crippen molar-refractivity contribution in [3.8, 4) is 0 Å². The molecular weight excluding hydrogens is 320 g/mol. The van der Waals surface area contributed by atoms with E-state index in [-0.39, 0.29) is 5.69 Å². The number of aryl methyl sites for hydroxylation is 1. The molecule has 0 saturated carbocycles. The van der Waals surface area contributed by atoms with Crippen molar-refractivity contribution >= 4 is 27.4 Å². The summed E-state index contributed by atoms with van der Waals surface area (Å²) in [4.78, 5) is 18.5. The third-order valence-electron chi connectivity index (χ3n) is 3.41. The number of H-pyrrole nitrogens is 1. The van der Waals surface area contributed by atoms with Gasteiger partial charge in [0.25, 0.3) is 0 Å². The molecule has 3 rings (SSSR count). The summed E-state index contributed by atoms with van der Waals surface area (Å²) in [6, 6.07) is 5.98. The summed E-state index contributed by atoms with van der Waals surface area (Å²) in [5, 5.41) is 6.54. The number of hydrogen-bond donors (Lipinski definition) is 3. The van der Waals surface area contributed by atoms with Gasteiger partial charge in [0.1, 0.15) is 5.82 Å². The van der Waals surface area contributed by atoms with E-state index in [0.717, 1.165) is 39.9 Å². The minimum atomic E-state index is -0.306. The molecule has 0 aliphatic carbocycles. The number of hydrogen-bond acceptors (Lipinski definition) is 4. The average molecular weight is 335 g/mol. The van der Waals surface area contributed by atoms with Gasteiger partial charge in [0, 0.05) is 40.9 Å². The number of aromatic nitrogens is 2. The van der Waals surface area contributed by atoms with E-state index in [1.807, 2.05) is 25.1 Å². The molecular formula is C14H15BrN4O. The van der Waals surface area contributed by atoms with Gasteiger partial charge in [-0.1, -0.05) is 22.0 Å². The van der Waals surface area contributed by atoms with Crippen LogP contribution in [0.4, 0.5) is 11.5 Å². The fraction of sp³-hybridized carbons (Fsp3) is 0.286. The summed E-state index contributed by atoms with van der Waals surface area (Å²) < 4.78 is 1.03. The molecule has 1 aromatic heterocycles. The van der Waals surface area contributed by atoms with Crippen LogP contribution in [0.15, 0.2) is 27.5 Å². The first-order valence-corrected chi connectivity index (χ1v) is 7.29. The molecule has 104 valence electrons. The van der Waals surface area contributed by atoms with Crippen LogP contribution in [0.25, 0.3) is 0 Å². The van der Waals surface area contributed by atoms with Crippen molar-refractivity contribution in [2.75, 3.05) is 11.9 Å². The second-order valence-corrected chi connectivity index (χ2v) is 5.72. The van der Waals surface area contributed by atoms with Crippen LogP contribution < -0.4 is 16.3 Å². The van der Waals surface area contributed by atoms with Crippen molar-refractivity contribution < 1.29 is 0 Å². The third kappa shape index (κ3) is 2.62. The number of fused-ring (bicyclic) bond motifs is 1. The van der Waals surface area contributed by atoms with Gasteiger partial charge in [-0.15, -0.1) is 0 Å². The highest BCUT2D eigenvalue weighted by Gasteiger charge is 2.16. The quantitative estimate of drug-likeness (QED) is 0.787. The molecule has 0 radical (unpaired) electrons. The standard InChI is InChI=1S/C14H15BrN4O/c1-8-2-3-9(6-11(8)15)17-13-10-7-16-5-4-12(10)18-14(20)19-13/h2-3,6,16H,4-5,7H2,1H3,(H2,17,18,19,20). The summed E-state index contributed by atoms with van der Waals surface area (Å²) >= 11 is 3.51. The molecule has 1 aliphatic heterocycles. The zero-order valence-electron chi connectivity index (χ0n) is 11.1. The number of nitrogens with one attached hydrogen (secondary N) is 3. The highest BCUT2D eigenvalue weighted by Crippen LogP contribution is 2.25. The van der Waals surface area contributed by atoms with Gasteiger partial charge in [-0.2, -0.15) is 4.98 Å². The van der Waals surface area contributed by atoms with Crippen LogP contribution in [0.3, 0.4) is 0 Å². The van der Waals surface area contributed by atoms with Crippen molar-refractivity contribution in [1.29, 1.82) is 0 Å². The first kappa shape index (κ1) is 13.3. The van der Waals surface area contributed by atoms with E-state index in [1.54, 1.807) is 0 Å². The Balaban J connectivity index is 1.99. The van der Waals surface area contributed by atoms with Crippen molar-refractivity contribution in [3.63, 3.8) is 0 Å². The molecule has 3 N–H and O–H groups in total. The van der Waals surface area contributed by atoms with Crippen LogP contribution in [0.5, 0.6) is 0 Å². The van der Waals surface area contributed by atoms with E-state index < -0.39 is 0 Å². The van der Waals surface area contributed by atoms with Crippen LogP contribution in [-0.2, 0) is 13.0 Å². The minimum Gasteiger partial charge on any atom is -0.340 e. The maximum atomic E-state index is 11.6. The topological polar surface area (TPSA) is 69.8 Å². The Kier molecular flexibility index (Phi) is 3.58. The first-order valence-electron chi connectivity index (χ1n) is 6.49. The molecule has 2 aromatic rings. The number of halogens is 1. The second-order valence-electron chi connectivity index (χ2n) is 4.86. The smallest absolute Gasteiger partial charge is 0.340 e. The van der Waals surface area contributed by atoms with Gasteiger partial charge in [0.15, 0.2) is 0 Å². The fourth-order valence-electron chi connectivity index (χ4n) is 2.29. The van der Waals surface area contributed by atoms with E-state index in [9.17, 15) is 4.79 Å². The number of anilines is 2. The summed E-state index contributed by atoms with van der Waals surface area (Å²) in [6.45, 7) is 3.63. The molecule has 0 spiro atoms. The largest absolute Gasteiger partial charge is 0.347 e. The van der Waals surface area contributed by atoms with E-state index in [1.165, 1.54) is 0 Å². The number of rotatable bonds is 2. The van der Waals surface area contributed by atoms with Crippen LogP contribution in [0, 0.1) is 6.92 Å². The highest BCUT2D eigenvalue weighted by atomic mass is 79.9. The molecule has 20 heavy (non-hydrogen) atoms. The van der Waals surface area contributed by atoms with Crippen LogP contribution in [0.2, 0.25) is 0 Å². The molecule has 0 bridgehead atoms. The molecule has 0 saturated heterocycles. The van der Waals surface area contributed by atoms with Gasteiger partial charge < -0.3 is 15.6 Å². The Bertz CT molecular complexity index is 711. The highest BCUT2D eigenvalue weighted by molar-refractivity contribution is 9.10. The lowest BCUT2D eigenvalue weighted by molar-refractivity contribution is 0.624. The molecule has 0 fully saturated rings. The van der Waals surface area contributed by atoms with Crippen LogP contribution >= 0.6 is 15.9 Å². The van der Waals surface area contributed by atoms with Gasteiger partial charge in [-0.05, 0) is 24.6 Å². The lowest BCUT2D eigenvalue weighted by atomic mass is 10.1. The van der Waals surface area contributed by atoms with E-state index >= 15 is 0 Å². The first-order chi connectivity index (χ1) is 9.63. The van der Waals surface area contributed by atoms with Gasteiger partial charge in [-0.25, -0.2) is 4.79 Å². The summed E-state index contributed by atoms with van der Waals surface area (Å²) in [7, 11) is 0. The van der Waals surface area contributed by atoms with Gasteiger partial charge in [-0.3, -0.25) is 0 Å². The summed E-state index contributed by atoms with van der Waals surface area (Å²) in [6.07, 6.45) is 0.819.